The summed E-state index contributed by atoms with van der Waals surface area (Å²) in [5, 5.41) is 0. The number of hydrogen-bond acceptors (Lipinski definition) is 4. The molecule has 0 N–H and O–H groups in total. The molecule has 8 aromatic carbocycles. The van der Waals surface area contributed by atoms with E-state index in [0.717, 1.165) is 39.9 Å². The Bertz CT molecular complexity index is 3280. The van der Waals surface area contributed by atoms with Crippen molar-refractivity contribution in [3.63, 3.8) is 0 Å². The van der Waals surface area contributed by atoms with Gasteiger partial charge in [0, 0.05) is 28.4 Å². The van der Waals surface area contributed by atoms with Crippen molar-refractivity contribution in [1.82, 2.24) is 0 Å². The fourth-order valence-electron chi connectivity index (χ4n) is 11.0. The van der Waals surface area contributed by atoms with Crippen LogP contribution in [-0.4, -0.2) is 13.5 Å². The van der Waals surface area contributed by atoms with E-state index in [9.17, 15) is 0 Å². The first kappa shape index (κ1) is 46.4. The smallest absolute Gasteiger partial charge is 0.252 e. The van der Waals surface area contributed by atoms with Crippen LogP contribution in [0.15, 0.2) is 158 Å². The van der Waals surface area contributed by atoms with Gasteiger partial charge in [0.25, 0.3) is 6.71 Å². The van der Waals surface area contributed by atoms with E-state index in [0.29, 0.717) is 0 Å². The fraction of sp³-hybridized carbons (Fsp3) is 0.273. The molecule has 71 heavy (non-hydrogen) atoms. The van der Waals surface area contributed by atoms with E-state index in [1.807, 2.05) is 0 Å². The molecule has 3 heterocycles. The van der Waals surface area contributed by atoms with Gasteiger partial charge in [-0.25, -0.2) is 0 Å². The maximum absolute atomic E-state index is 6.49. The van der Waals surface area contributed by atoms with Gasteiger partial charge in [0.2, 0.25) is 6.79 Å². The number of rotatable bonds is 5. The highest BCUT2D eigenvalue weighted by molar-refractivity contribution is 7.00. The number of hydrogen-bond donors (Lipinski definition) is 0. The Kier molecular flexibility index (Phi) is 10.8. The molecule has 4 nitrogen and oxygen atoms in total. The summed E-state index contributed by atoms with van der Waals surface area (Å²) >= 11 is 0. The molecule has 0 amide bonds. The summed E-state index contributed by atoms with van der Waals surface area (Å²) in [7, 11) is 0. The lowest BCUT2D eigenvalue weighted by Gasteiger charge is -2.44. The van der Waals surface area contributed by atoms with Gasteiger partial charge in [-0.2, -0.15) is 0 Å². The van der Waals surface area contributed by atoms with E-state index in [2.05, 4.69) is 258 Å². The van der Waals surface area contributed by atoms with Crippen molar-refractivity contribution in [3.8, 4) is 44.9 Å². The molecule has 11 rings (SSSR count). The summed E-state index contributed by atoms with van der Waals surface area (Å²) < 4.78 is 12.6. The molecule has 0 aromatic heterocycles. The van der Waals surface area contributed by atoms with Crippen LogP contribution in [0.5, 0.6) is 11.5 Å². The molecule has 8 aromatic rings. The van der Waals surface area contributed by atoms with Gasteiger partial charge >= 0.3 is 0 Å². The molecule has 0 aliphatic carbocycles. The molecule has 356 valence electrons. The van der Waals surface area contributed by atoms with Crippen LogP contribution in [-0.2, 0) is 21.7 Å². The normalized spacial score (nSPS) is 14.1. The van der Waals surface area contributed by atoms with Crippen LogP contribution in [0.2, 0.25) is 0 Å². The molecule has 0 saturated heterocycles. The molecule has 0 fully saturated rings. The van der Waals surface area contributed by atoms with Crippen LogP contribution >= 0.6 is 0 Å². The summed E-state index contributed by atoms with van der Waals surface area (Å²) in [4.78, 5) is 5.02. The Hall–Kier alpha value is -6.98. The maximum atomic E-state index is 6.49. The standard InChI is InChI=1S/C66H67BN2O2/c1-41-34-57-60-58(35-41)69(52-29-27-51(28-30-52)66(11,12)13)61-55(32-33-59-62(61)71-40-70-59)67(60)54-31-20-45(42-14-21-48(22-15-42)63(2,3)4)39-56(54)68(57)53-37-46(43-16-23-49(24-17-43)64(5,6)7)36-47(38-53)44-18-25-50(26-19-44)65(8,9)10/h14-39H,40H2,1-13H3. The molecule has 5 heteroatoms. The zero-order chi connectivity index (χ0) is 49.9. The van der Waals surface area contributed by atoms with Gasteiger partial charge < -0.3 is 19.3 Å². The van der Waals surface area contributed by atoms with E-state index < -0.39 is 0 Å². The van der Waals surface area contributed by atoms with Gasteiger partial charge in [-0.05, 0) is 161 Å². The highest BCUT2D eigenvalue weighted by Gasteiger charge is 2.46. The molecule has 0 saturated carbocycles. The van der Waals surface area contributed by atoms with Gasteiger partial charge in [-0.15, -0.1) is 0 Å². The van der Waals surface area contributed by atoms with Crippen LogP contribution in [0.1, 0.15) is 111 Å². The SMILES string of the molecule is Cc1cc2c3c(c1)N(c1ccc(C(C)(C)C)cc1)c1c(ccc4c1OCO4)B3c1ccc(-c3ccc(C(C)(C)C)cc3)cc1N2c1cc(-c2ccc(C(C)(C)C)cc2)cc(-c2ccc(C(C)(C)C)cc2)c1. The Morgan fingerprint density at radius 3 is 1.31 bits per heavy atom. The van der Waals surface area contributed by atoms with E-state index in [-0.39, 0.29) is 35.2 Å². The molecule has 0 unspecified atom stereocenters. The fourth-order valence-corrected chi connectivity index (χ4v) is 11.0. The van der Waals surface area contributed by atoms with Crippen LogP contribution in [0.3, 0.4) is 0 Å². The molecule has 3 aliphatic heterocycles. The minimum atomic E-state index is -0.0868. The van der Waals surface area contributed by atoms with E-state index in [1.165, 1.54) is 83.3 Å². The van der Waals surface area contributed by atoms with Crippen molar-refractivity contribution < 1.29 is 9.47 Å². The van der Waals surface area contributed by atoms with Crippen molar-refractivity contribution in [2.45, 2.75) is 112 Å². The Balaban J connectivity index is 1.19. The lowest BCUT2D eigenvalue weighted by Crippen LogP contribution is -2.61. The van der Waals surface area contributed by atoms with Crippen molar-refractivity contribution in [3.05, 3.63) is 186 Å². The summed E-state index contributed by atoms with van der Waals surface area (Å²) in [5.41, 5.74) is 24.1. The highest BCUT2D eigenvalue weighted by Crippen LogP contribution is 2.51. The molecule has 0 bridgehead atoms. The van der Waals surface area contributed by atoms with Gasteiger partial charge in [0.1, 0.15) is 0 Å². The number of nitrogens with zero attached hydrogens (tertiary/aromatic N) is 2. The monoisotopic (exact) mass is 931 g/mol. The third-order valence-corrected chi connectivity index (χ3v) is 15.1. The predicted molar refractivity (Wildman–Crippen MR) is 302 cm³/mol. The maximum Gasteiger partial charge on any atom is 0.252 e. The lowest BCUT2D eigenvalue weighted by atomic mass is 9.33. The van der Waals surface area contributed by atoms with Crippen molar-refractivity contribution in [2.75, 3.05) is 16.6 Å². The van der Waals surface area contributed by atoms with E-state index in [4.69, 9.17) is 9.47 Å². The van der Waals surface area contributed by atoms with Crippen LogP contribution in [0, 0.1) is 6.92 Å². The minimum absolute atomic E-state index is 0.0124. The second-order valence-corrected chi connectivity index (χ2v) is 24.4. The Morgan fingerprint density at radius 1 is 0.380 bits per heavy atom. The summed E-state index contributed by atoms with van der Waals surface area (Å²) in [6.45, 7) is 29.7. The van der Waals surface area contributed by atoms with Crippen LogP contribution in [0.4, 0.5) is 34.1 Å². The quantitative estimate of drug-likeness (QED) is 0.161. The summed E-state index contributed by atoms with van der Waals surface area (Å²) in [5.74, 6) is 1.57. The third kappa shape index (κ3) is 8.22. The average Bonchev–Trinajstić information content (AvgIpc) is 3.82. The molecular formula is C66H67BN2O2. The Labute approximate surface area is 423 Å². The molecule has 0 radical (unpaired) electrons. The molecule has 3 aliphatic rings. The number of aryl methyl sites for hydroxylation is 1. The molecular weight excluding hydrogens is 864 g/mol. The van der Waals surface area contributed by atoms with Crippen molar-refractivity contribution >= 4 is 57.2 Å². The van der Waals surface area contributed by atoms with Crippen LogP contribution in [0.25, 0.3) is 33.4 Å². The Morgan fingerprint density at radius 2 is 0.817 bits per heavy atom. The average molecular weight is 931 g/mol. The summed E-state index contributed by atoms with van der Waals surface area (Å²) in [6, 6.07) is 60.4. The second-order valence-electron chi connectivity index (χ2n) is 24.4. The lowest BCUT2D eigenvalue weighted by molar-refractivity contribution is 0.174. The predicted octanol–water partition coefficient (Wildman–Crippen LogP) is 16.0. The number of fused-ring (bicyclic) bond motifs is 6. The van der Waals surface area contributed by atoms with Gasteiger partial charge in [-0.3, -0.25) is 0 Å². The van der Waals surface area contributed by atoms with E-state index >= 15 is 0 Å². The van der Waals surface area contributed by atoms with Gasteiger partial charge in [0.15, 0.2) is 11.5 Å². The second kappa shape index (κ2) is 16.6. The minimum Gasteiger partial charge on any atom is -0.454 e. The summed E-state index contributed by atoms with van der Waals surface area (Å²) in [6.07, 6.45) is 0. The largest absolute Gasteiger partial charge is 0.454 e. The van der Waals surface area contributed by atoms with Crippen molar-refractivity contribution in [2.24, 2.45) is 0 Å². The van der Waals surface area contributed by atoms with Crippen LogP contribution < -0.4 is 35.7 Å². The topological polar surface area (TPSA) is 24.9 Å². The molecule has 0 atom stereocenters. The zero-order valence-corrected chi connectivity index (χ0v) is 44.0. The van der Waals surface area contributed by atoms with E-state index in [1.54, 1.807) is 0 Å². The first-order valence-electron chi connectivity index (χ1n) is 25.5. The zero-order valence-electron chi connectivity index (χ0n) is 44.0. The number of ether oxygens (including phenoxy) is 2. The highest BCUT2D eigenvalue weighted by atomic mass is 16.7. The molecule has 0 spiro atoms. The van der Waals surface area contributed by atoms with Gasteiger partial charge in [0.05, 0.1) is 5.69 Å². The third-order valence-electron chi connectivity index (χ3n) is 15.1. The first-order chi connectivity index (χ1) is 33.6. The van der Waals surface area contributed by atoms with Crippen molar-refractivity contribution in [1.29, 1.82) is 0 Å². The van der Waals surface area contributed by atoms with Gasteiger partial charge in [-0.1, -0.05) is 186 Å². The first-order valence-corrected chi connectivity index (χ1v) is 25.5. The number of anilines is 6. The number of benzene rings is 8.